The normalized spacial score (nSPS) is 22.7. The summed E-state index contributed by atoms with van der Waals surface area (Å²) < 4.78 is 18.4. The lowest BCUT2D eigenvalue weighted by atomic mass is 9.83. The number of carbonyl (C=O) groups is 3. The molecule has 1 unspecified atom stereocenters. The van der Waals surface area contributed by atoms with Gasteiger partial charge in [-0.3, -0.25) is 4.79 Å². The number of hydrogen-bond acceptors (Lipinski definition) is 8. The molecule has 4 aromatic rings. The van der Waals surface area contributed by atoms with E-state index in [1.54, 1.807) is 0 Å². The zero-order valence-electron chi connectivity index (χ0n) is 28.0. The van der Waals surface area contributed by atoms with Crippen LogP contribution in [-0.4, -0.2) is 53.6 Å². The highest BCUT2D eigenvalue weighted by Gasteiger charge is 2.42. The number of aliphatic hydroxyl groups is 1. The van der Waals surface area contributed by atoms with E-state index in [4.69, 9.17) is 9.47 Å². The van der Waals surface area contributed by atoms with Crippen molar-refractivity contribution in [1.29, 1.82) is 0 Å². The van der Waals surface area contributed by atoms with Crippen LogP contribution in [-0.2, 0) is 27.4 Å². The second-order valence-corrected chi connectivity index (χ2v) is 13.3. The Bertz CT molecular complexity index is 1800. The number of likely N-dealkylation sites (tertiary alicyclic amines) is 1. The third-order valence-electron chi connectivity index (χ3n) is 9.97. The smallest absolute Gasteiger partial charge is 0.346 e. The summed E-state index contributed by atoms with van der Waals surface area (Å²) >= 11 is 0. The van der Waals surface area contributed by atoms with Crippen molar-refractivity contribution in [3.8, 4) is 0 Å². The SMILES string of the molecule is O=C(NCc1ccc(C2O[C@H](CN3CCCCCCC3)[C@@H](c3ccccc3)[C@H](c3ccc(CO)cc3)O2)cc1)c1ccc2c(c1)C(=O)OC2=O. The van der Waals surface area contributed by atoms with E-state index in [9.17, 15) is 19.5 Å². The second-order valence-electron chi connectivity index (χ2n) is 13.3. The van der Waals surface area contributed by atoms with E-state index >= 15 is 0 Å². The summed E-state index contributed by atoms with van der Waals surface area (Å²) in [5, 5.41) is 12.6. The summed E-state index contributed by atoms with van der Waals surface area (Å²) in [5.41, 5.74) is 5.34. The van der Waals surface area contributed by atoms with Gasteiger partial charge in [-0.15, -0.1) is 0 Å². The van der Waals surface area contributed by atoms with Crippen molar-refractivity contribution < 1.29 is 33.7 Å². The number of benzene rings is 4. The van der Waals surface area contributed by atoms with Crippen LogP contribution in [0.3, 0.4) is 0 Å². The van der Waals surface area contributed by atoms with E-state index < -0.39 is 18.2 Å². The van der Waals surface area contributed by atoms with E-state index in [1.165, 1.54) is 50.3 Å². The molecule has 0 spiro atoms. The number of amides is 1. The van der Waals surface area contributed by atoms with Crippen molar-refractivity contribution in [2.45, 2.75) is 69.7 Å². The molecule has 4 atom stereocenters. The Morgan fingerprint density at radius 1 is 0.720 bits per heavy atom. The van der Waals surface area contributed by atoms with Crippen LogP contribution < -0.4 is 5.32 Å². The Balaban J connectivity index is 1.12. The number of esters is 2. The minimum atomic E-state index is -0.744. The molecule has 9 heteroatoms. The topological polar surface area (TPSA) is 114 Å². The van der Waals surface area contributed by atoms with Gasteiger partial charge >= 0.3 is 11.9 Å². The minimum absolute atomic E-state index is 0.0208. The number of cyclic esters (lactones) is 2. The van der Waals surface area contributed by atoms with Gasteiger partial charge in [-0.1, -0.05) is 98.1 Å². The van der Waals surface area contributed by atoms with Crippen LogP contribution in [0.15, 0.2) is 97.1 Å². The maximum absolute atomic E-state index is 12.9. The zero-order chi connectivity index (χ0) is 34.5. The lowest BCUT2D eigenvalue weighted by molar-refractivity contribution is -0.263. The van der Waals surface area contributed by atoms with Gasteiger partial charge in [0.05, 0.1) is 29.9 Å². The van der Waals surface area contributed by atoms with Crippen molar-refractivity contribution in [3.05, 3.63) is 142 Å². The van der Waals surface area contributed by atoms with Crippen molar-refractivity contribution >= 4 is 17.8 Å². The van der Waals surface area contributed by atoms with Crippen LogP contribution in [0.5, 0.6) is 0 Å². The summed E-state index contributed by atoms with van der Waals surface area (Å²) in [7, 11) is 0. The molecule has 2 saturated heterocycles. The van der Waals surface area contributed by atoms with Crippen molar-refractivity contribution in [2.75, 3.05) is 19.6 Å². The number of aliphatic hydroxyl groups excluding tert-OH is 1. The quantitative estimate of drug-likeness (QED) is 0.150. The predicted molar refractivity (Wildman–Crippen MR) is 186 cm³/mol. The first-order chi connectivity index (χ1) is 24.5. The minimum Gasteiger partial charge on any atom is -0.392 e. The van der Waals surface area contributed by atoms with Gasteiger partial charge in [0.1, 0.15) is 0 Å². The first kappa shape index (κ1) is 33.8. The lowest BCUT2D eigenvalue weighted by Crippen LogP contribution is -2.45. The van der Waals surface area contributed by atoms with Crippen molar-refractivity contribution in [1.82, 2.24) is 10.2 Å². The molecule has 0 saturated carbocycles. The molecular weight excluding hydrogens is 632 g/mol. The molecule has 0 radical (unpaired) electrons. The third-order valence-corrected chi connectivity index (χ3v) is 9.97. The lowest BCUT2D eigenvalue weighted by Gasteiger charge is -2.44. The molecule has 7 rings (SSSR count). The zero-order valence-corrected chi connectivity index (χ0v) is 28.0. The van der Waals surface area contributed by atoms with E-state index in [0.717, 1.165) is 47.5 Å². The number of nitrogens with one attached hydrogen (secondary N) is 1. The molecule has 3 aliphatic heterocycles. The first-order valence-electron chi connectivity index (χ1n) is 17.5. The summed E-state index contributed by atoms with van der Waals surface area (Å²) in [5.74, 6) is -1.86. The fourth-order valence-electron chi connectivity index (χ4n) is 7.22. The van der Waals surface area contributed by atoms with Crippen molar-refractivity contribution in [2.24, 2.45) is 0 Å². The fourth-order valence-corrected chi connectivity index (χ4v) is 7.22. The third kappa shape index (κ3) is 7.56. The molecule has 3 heterocycles. The van der Waals surface area contributed by atoms with E-state index in [0.29, 0.717) is 0 Å². The van der Waals surface area contributed by atoms with Crippen LogP contribution in [0.1, 0.15) is 109 Å². The highest BCUT2D eigenvalue weighted by molar-refractivity contribution is 6.15. The van der Waals surface area contributed by atoms with Crippen LogP contribution >= 0.6 is 0 Å². The predicted octanol–water partition coefficient (Wildman–Crippen LogP) is 6.62. The summed E-state index contributed by atoms with van der Waals surface area (Å²) in [4.78, 5) is 39.2. The molecule has 0 aliphatic carbocycles. The maximum Gasteiger partial charge on any atom is 0.346 e. The Labute approximate surface area is 292 Å². The molecule has 258 valence electrons. The number of carbonyl (C=O) groups excluding carboxylic acids is 3. The van der Waals surface area contributed by atoms with Crippen LogP contribution in [0.2, 0.25) is 0 Å². The average molecular weight is 675 g/mol. The highest BCUT2D eigenvalue weighted by atomic mass is 16.7. The van der Waals surface area contributed by atoms with Crippen LogP contribution in [0.4, 0.5) is 0 Å². The molecule has 2 N–H and O–H groups in total. The number of hydrogen-bond donors (Lipinski definition) is 2. The number of ether oxygens (including phenoxy) is 3. The van der Waals surface area contributed by atoms with Crippen molar-refractivity contribution in [3.63, 3.8) is 0 Å². The van der Waals surface area contributed by atoms with Gasteiger partial charge in [-0.25, -0.2) is 9.59 Å². The van der Waals surface area contributed by atoms with Gasteiger partial charge in [-0.05, 0) is 66.4 Å². The van der Waals surface area contributed by atoms with Gasteiger partial charge in [0.2, 0.25) is 0 Å². The van der Waals surface area contributed by atoms with Crippen LogP contribution in [0, 0.1) is 0 Å². The van der Waals surface area contributed by atoms with Gasteiger partial charge in [0, 0.05) is 30.1 Å². The molecule has 0 bridgehead atoms. The molecule has 0 aromatic heterocycles. The van der Waals surface area contributed by atoms with Gasteiger partial charge in [0.15, 0.2) is 6.29 Å². The van der Waals surface area contributed by atoms with E-state index in [-0.39, 0.29) is 53.9 Å². The Kier molecular flexibility index (Phi) is 10.5. The number of rotatable bonds is 9. The van der Waals surface area contributed by atoms with Gasteiger partial charge < -0.3 is 29.5 Å². The van der Waals surface area contributed by atoms with Gasteiger partial charge in [-0.2, -0.15) is 0 Å². The summed E-state index contributed by atoms with van der Waals surface area (Å²) in [6.45, 7) is 3.14. The standard InChI is InChI=1S/C41H42N2O7/c44-26-28-13-15-30(16-14-28)37-36(29-9-5-4-6-10-29)35(25-43-21-7-2-1-3-8-22-43)48-41(49-37)31-17-11-27(12-18-31)24-42-38(45)32-19-20-33-34(23-32)40(47)50-39(33)46/h4-6,9-20,23,35-37,41,44H,1-3,7-8,21-22,24-26H2,(H,42,45)/t35-,36-,37+,41?/m1/s1. The van der Waals surface area contributed by atoms with E-state index in [1.807, 2.05) is 42.5 Å². The Morgan fingerprint density at radius 2 is 1.38 bits per heavy atom. The molecular formula is C41H42N2O7. The Hall–Kier alpha value is -4.67. The Morgan fingerprint density at radius 3 is 2.10 bits per heavy atom. The molecule has 3 aliphatic rings. The van der Waals surface area contributed by atoms with Crippen LogP contribution in [0.25, 0.3) is 0 Å². The molecule has 9 nitrogen and oxygen atoms in total. The average Bonchev–Trinajstić information content (AvgIpc) is 3.43. The molecule has 50 heavy (non-hydrogen) atoms. The largest absolute Gasteiger partial charge is 0.392 e. The van der Waals surface area contributed by atoms with Gasteiger partial charge in [0.25, 0.3) is 5.91 Å². The highest BCUT2D eigenvalue weighted by Crippen LogP contribution is 2.47. The maximum atomic E-state index is 12.9. The monoisotopic (exact) mass is 674 g/mol. The summed E-state index contributed by atoms with van der Waals surface area (Å²) in [6.07, 6.45) is 5.14. The second kappa shape index (κ2) is 15.5. The molecule has 2 fully saturated rings. The number of nitrogens with zero attached hydrogens (tertiary/aromatic N) is 1. The fraction of sp³-hybridized carbons (Fsp3) is 0.341. The van der Waals surface area contributed by atoms with E-state index in [2.05, 4.69) is 51.4 Å². The summed E-state index contributed by atoms with van der Waals surface area (Å²) in [6, 6.07) is 30.7. The molecule has 4 aromatic carbocycles. The number of fused-ring (bicyclic) bond motifs is 1. The molecule has 1 amide bonds. The first-order valence-corrected chi connectivity index (χ1v) is 17.5.